The Hall–Kier alpha value is -0.840. The predicted molar refractivity (Wildman–Crippen MR) is 84.5 cm³/mol. The molecule has 5 heteroatoms. The number of aryl methyl sites for hydroxylation is 1. The van der Waals surface area contributed by atoms with E-state index in [2.05, 4.69) is 9.88 Å². The second kappa shape index (κ2) is 8.45. The monoisotopic (exact) mass is 299 g/mol. The standard InChI is InChI=1S/C15H25N3O.ClH/c1-12-9-15(19-2)10-13(17-12)11-18-8-4-3-5-14(18)6-7-16;/h9-10,14H,3-8,11,16H2,1-2H3;1H. The molecule has 0 bridgehead atoms. The van der Waals surface area contributed by atoms with Crippen LogP contribution < -0.4 is 10.5 Å². The number of methoxy groups -OCH3 is 1. The van der Waals surface area contributed by atoms with E-state index < -0.39 is 0 Å². The van der Waals surface area contributed by atoms with Crippen molar-refractivity contribution in [2.75, 3.05) is 20.2 Å². The van der Waals surface area contributed by atoms with Crippen LogP contribution in [-0.4, -0.2) is 36.1 Å². The van der Waals surface area contributed by atoms with Crippen molar-refractivity contribution in [2.45, 2.75) is 45.2 Å². The molecule has 1 aromatic heterocycles. The highest BCUT2D eigenvalue weighted by atomic mass is 35.5. The Balaban J connectivity index is 0.00000200. The summed E-state index contributed by atoms with van der Waals surface area (Å²) in [4.78, 5) is 7.14. The fraction of sp³-hybridized carbons (Fsp3) is 0.667. The lowest BCUT2D eigenvalue weighted by molar-refractivity contribution is 0.132. The zero-order valence-corrected chi connectivity index (χ0v) is 13.3. The second-order valence-corrected chi connectivity index (χ2v) is 5.34. The van der Waals surface area contributed by atoms with Crippen molar-refractivity contribution in [1.82, 2.24) is 9.88 Å². The van der Waals surface area contributed by atoms with Gasteiger partial charge in [-0.05, 0) is 39.3 Å². The molecule has 0 spiro atoms. The highest BCUT2D eigenvalue weighted by molar-refractivity contribution is 5.85. The van der Waals surface area contributed by atoms with Gasteiger partial charge in [0.05, 0.1) is 12.8 Å². The number of nitrogens with two attached hydrogens (primary N) is 1. The van der Waals surface area contributed by atoms with E-state index in [1.807, 2.05) is 19.1 Å². The molecule has 0 radical (unpaired) electrons. The summed E-state index contributed by atoms with van der Waals surface area (Å²) < 4.78 is 5.32. The molecule has 1 aromatic rings. The van der Waals surface area contributed by atoms with Crippen LogP contribution in [0.25, 0.3) is 0 Å². The summed E-state index contributed by atoms with van der Waals surface area (Å²) in [6.45, 7) is 4.84. The molecular formula is C15H26ClN3O. The maximum atomic E-state index is 5.72. The summed E-state index contributed by atoms with van der Waals surface area (Å²) in [5.74, 6) is 0.898. The van der Waals surface area contributed by atoms with Gasteiger partial charge < -0.3 is 10.5 Å². The Labute approximate surface area is 128 Å². The molecule has 1 aliphatic heterocycles. The highest BCUT2D eigenvalue weighted by Gasteiger charge is 2.22. The number of hydrogen-bond acceptors (Lipinski definition) is 4. The molecule has 0 aliphatic carbocycles. The van der Waals surface area contributed by atoms with Gasteiger partial charge in [0.1, 0.15) is 5.75 Å². The smallest absolute Gasteiger partial charge is 0.122 e. The first-order valence-electron chi connectivity index (χ1n) is 7.18. The molecule has 2 N–H and O–H groups in total. The third kappa shape index (κ3) is 4.62. The van der Waals surface area contributed by atoms with E-state index in [0.29, 0.717) is 6.04 Å². The first kappa shape index (κ1) is 17.2. The maximum Gasteiger partial charge on any atom is 0.122 e. The van der Waals surface area contributed by atoms with Crippen molar-refractivity contribution < 1.29 is 4.74 Å². The number of aromatic nitrogens is 1. The van der Waals surface area contributed by atoms with E-state index in [-0.39, 0.29) is 12.4 Å². The summed E-state index contributed by atoms with van der Waals surface area (Å²) >= 11 is 0. The number of pyridine rings is 1. The first-order chi connectivity index (χ1) is 9.22. The molecule has 4 nitrogen and oxygen atoms in total. The van der Waals surface area contributed by atoms with Gasteiger partial charge in [-0.3, -0.25) is 9.88 Å². The van der Waals surface area contributed by atoms with Crippen LogP contribution in [-0.2, 0) is 6.54 Å². The lowest BCUT2D eigenvalue weighted by Crippen LogP contribution is -2.40. The molecule has 2 rings (SSSR count). The van der Waals surface area contributed by atoms with Crippen molar-refractivity contribution in [3.8, 4) is 5.75 Å². The summed E-state index contributed by atoms with van der Waals surface area (Å²) in [6, 6.07) is 4.63. The molecule has 20 heavy (non-hydrogen) atoms. The Bertz CT molecular complexity index is 412. The van der Waals surface area contributed by atoms with Crippen molar-refractivity contribution >= 4 is 12.4 Å². The van der Waals surface area contributed by atoms with Crippen LogP contribution in [0.2, 0.25) is 0 Å². The van der Waals surface area contributed by atoms with Gasteiger partial charge in [-0.2, -0.15) is 0 Å². The minimum atomic E-state index is 0. The van der Waals surface area contributed by atoms with E-state index in [0.717, 1.165) is 43.2 Å². The van der Waals surface area contributed by atoms with Gasteiger partial charge in [-0.25, -0.2) is 0 Å². The molecule has 114 valence electrons. The van der Waals surface area contributed by atoms with Gasteiger partial charge in [-0.15, -0.1) is 12.4 Å². The number of nitrogens with zero attached hydrogens (tertiary/aromatic N) is 2. The van der Waals surface area contributed by atoms with Crippen molar-refractivity contribution in [3.63, 3.8) is 0 Å². The van der Waals surface area contributed by atoms with E-state index in [4.69, 9.17) is 10.5 Å². The number of likely N-dealkylation sites (tertiary alicyclic amines) is 1. The molecule has 1 fully saturated rings. The molecular weight excluding hydrogens is 274 g/mol. The highest BCUT2D eigenvalue weighted by Crippen LogP contribution is 2.22. The summed E-state index contributed by atoms with van der Waals surface area (Å²) in [6.07, 6.45) is 4.96. The summed E-state index contributed by atoms with van der Waals surface area (Å²) in [5, 5.41) is 0. The van der Waals surface area contributed by atoms with Crippen LogP contribution in [0, 0.1) is 6.92 Å². The van der Waals surface area contributed by atoms with Gasteiger partial charge in [0.25, 0.3) is 0 Å². The molecule has 1 unspecified atom stereocenters. The lowest BCUT2D eigenvalue weighted by atomic mass is 9.99. The number of hydrogen-bond donors (Lipinski definition) is 1. The van der Waals surface area contributed by atoms with Crippen LogP contribution >= 0.6 is 12.4 Å². The quantitative estimate of drug-likeness (QED) is 0.908. The van der Waals surface area contributed by atoms with Gasteiger partial charge in [0.15, 0.2) is 0 Å². The van der Waals surface area contributed by atoms with E-state index in [1.165, 1.54) is 19.3 Å². The zero-order chi connectivity index (χ0) is 13.7. The Morgan fingerprint density at radius 3 is 2.90 bits per heavy atom. The third-order valence-corrected chi connectivity index (χ3v) is 3.83. The van der Waals surface area contributed by atoms with Crippen molar-refractivity contribution in [1.29, 1.82) is 0 Å². The van der Waals surface area contributed by atoms with Gasteiger partial charge in [0.2, 0.25) is 0 Å². The summed E-state index contributed by atoms with van der Waals surface area (Å²) in [7, 11) is 1.71. The molecule has 2 heterocycles. The molecule has 0 aromatic carbocycles. The van der Waals surface area contributed by atoms with Crippen molar-refractivity contribution in [3.05, 3.63) is 23.5 Å². The number of halogens is 1. The van der Waals surface area contributed by atoms with Gasteiger partial charge >= 0.3 is 0 Å². The SMILES string of the molecule is COc1cc(C)nc(CN2CCCCC2CCN)c1.Cl. The van der Waals surface area contributed by atoms with Gasteiger partial charge in [-0.1, -0.05) is 6.42 Å². The first-order valence-corrected chi connectivity index (χ1v) is 7.18. The van der Waals surface area contributed by atoms with E-state index in [9.17, 15) is 0 Å². The number of ether oxygens (including phenoxy) is 1. The van der Waals surface area contributed by atoms with Crippen LogP contribution in [0.4, 0.5) is 0 Å². The maximum absolute atomic E-state index is 5.72. The van der Waals surface area contributed by atoms with Crippen LogP contribution in [0.1, 0.15) is 37.1 Å². The third-order valence-electron chi connectivity index (χ3n) is 3.83. The van der Waals surface area contributed by atoms with Crippen molar-refractivity contribution in [2.24, 2.45) is 5.73 Å². The Morgan fingerprint density at radius 2 is 2.20 bits per heavy atom. The Kier molecular flexibility index (Phi) is 7.27. The van der Waals surface area contributed by atoms with E-state index >= 15 is 0 Å². The van der Waals surface area contributed by atoms with Crippen LogP contribution in [0.15, 0.2) is 12.1 Å². The van der Waals surface area contributed by atoms with Crippen LogP contribution in [0.5, 0.6) is 5.75 Å². The lowest BCUT2D eigenvalue weighted by Gasteiger charge is -2.35. The molecule has 0 saturated carbocycles. The fourth-order valence-electron chi connectivity index (χ4n) is 2.90. The van der Waals surface area contributed by atoms with Crippen LogP contribution in [0.3, 0.4) is 0 Å². The fourth-order valence-corrected chi connectivity index (χ4v) is 2.90. The molecule has 1 aliphatic rings. The summed E-state index contributed by atoms with van der Waals surface area (Å²) in [5.41, 5.74) is 7.84. The minimum Gasteiger partial charge on any atom is -0.497 e. The predicted octanol–water partition coefficient (Wildman–Crippen LogP) is 2.52. The Morgan fingerprint density at radius 1 is 1.40 bits per heavy atom. The zero-order valence-electron chi connectivity index (χ0n) is 12.5. The number of rotatable bonds is 5. The van der Waals surface area contributed by atoms with Gasteiger partial charge in [0, 0.05) is 30.4 Å². The topological polar surface area (TPSA) is 51.4 Å². The van der Waals surface area contributed by atoms with E-state index in [1.54, 1.807) is 7.11 Å². The largest absolute Gasteiger partial charge is 0.497 e. The minimum absolute atomic E-state index is 0. The molecule has 1 atom stereocenters. The number of piperidine rings is 1. The molecule has 1 saturated heterocycles. The normalized spacial score (nSPS) is 19.4. The molecule has 0 amide bonds. The second-order valence-electron chi connectivity index (χ2n) is 5.34. The average Bonchev–Trinajstić information content (AvgIpc) is 2.40. The average molecular weight is 300 g/mol.